The molecular formula is C8H8N4O3. The van der Waals surface area contributed by atoms with Crippen molar-refractivity contribution in [3.63, 3.8) is 0 Å². The first-order chi connectivity index (χ1) is 7.09. The van der Waals surface area contributed by atoms with E-state index in [9.17, 15) is 14.4 Å². The largest absolute Gasteiger partial charge is 0.331 e. The lowest BCUT2D eigenvalue weighted by Gasteiger charge is -2.09. The van der Waals surface area contributed by atoms with E-state index in [-0.39, 0.29) is 6.54 Å². The second-order valence-corrected chi connectivity index (χ2v) is 3.17. The van der Waals surface area contributed by atoms with E-state index in [1.807, 2.05) is 5.32 Å². The predicted molar refractivity (Wildman–Crippen MR) is 47.4 cm³/mol. The number of H-pyrrole nitrogens is 1. The number of nitrogens with zero attached hydrogens (tertiary/aromatic N) is 2. The molecule has 2 N–H and O–H groups in total. The number of nitrogens with one attached hydrogen (secondary N) is 2. The summed E-state index contributed by atoms with van der Waals surface area (Å²) in [5, 5.41) is 8.35. The van der Waals surface area contributed by atoms with Crippen LogP contribution in [0.15, 0.2) is 6.20 Å². The standard InChI is InChI=1S/C8H8N4O3/c1-4-5(2-9-11-4)3-12-7(14)6(13)10-8(12)15/h2H,3H2,1H3,(H,9,11)(H,10,13,15). The van der Waals surface area contributed by atoms with Crippen LogP contribution in [0, 0.1) is 6.92 Å². The molecule has 1 fully saturated rings. The van der Waals surface area contributed by atoms with Gasteiger partial charge in [0.05, 0.1) is 12.7 Å². The molecule has 0 atom stereocenters. The quantitative estimate of drug-likeness (QED) is 0.496. The van der Waals surface area contributed by atoms with Crippen LogP contribution in [0.4, 0.5) is 4.79 Å². The molecule has 0 spiro atoms. The molecule has 0 radical (unpaired) electrons. The number of carbonyl (C=O) groups is 3. The van der Waals surface area contributed by atoms with E-state index in [1.54, 1.807) is 6.92 Å². The van der Waals surface area contributed by atoms with Gasteiger partial charge in [0, 0.05) is 11.3 Å². The molecule has 1 aliphatic heterocycles. The number of hydrogen-bond donors (Lipinski definition) is 2. The van der Waals surface area contributed by atoms with Crippen LogP contribution in [0.25, 0.3) is 0 Å². The van der Waals surface area contributed by atoms with Crippen molar-refractivity contribution in [1.82, 2.24) is 20.4 Å². The van der Waals surface area contributed by atoms with Crippen molar-refractivity contribution in [3.8, 4) is 0 Å². The van der Waals surface area contributed by atoms with Gasteiger partial charge in [-0.25, -0.2) is 4.79 Å². The number of rotatable bonds is 2. The average Bonchev–Trinajstić information content (AvgIpc) is 2.67. The molecule has 0 saturated carbocycles. The van der Waals surface area contributed by atoms with Gasteiger partial charge in [0.25, 0.3) is 0 Å². The van der Waals surface area contributed by atoms with Crippen LogP contribution < -0.4 is 5.32 Å². The van der Waals surface area contributed by atoms with Gasteiger partial charge in [0.2, 0.25) is 0 Å². The summed E-state index contributed by atoms with van der Waals surface area (Å²) in [7, 11) is 0. The van der Waals surface area contributed by atoms with Crippen molar-refractivity contribution in [3.05, 3.63) is 17.5 Å². The Kier molecular flexibility index (Phi) is 2.00. The Morgan fingerprint density at radius 3 is 2.60 bits per heavy atom. The molecule has 0 aliphatic carbocycles. The van der Waals surface area contributed by atoms with Crippen molar-refractivity contribution in [1.29, 1.82) is 0 Å². The van der Waals surface area contributed by atoms with Gasteiger partial charge in [0.1, 0.15) is 0 Å². The number of aromatic nitrogens is 2. The highest BCUT2D eigenvalue weighted by Gasteiger charge is 2.36. The van der Waals surface area contributed by atoms with Crippen LogP contribution in [0.3, 0.4) is 0 Å². The minimum atomic E-state index is -0.888. The molecule has 2 rings (SSSR count). The molecule has 1 aromatic heterocycles. The van der Waals surface area contributed by atoms with Crippen LogP contribution in [0.1, 0.15) is 11.3 Å². The zero-order chi connectivity index (χ0) is 11.0. The Labute approximate surface area is 84.4 Å². The minimum Gasteiger partial charge on any atom is -0.283 e. The van der Waals surface area contributed by atoms with Crippen LogP contribution in [0.2, 0.25) is 0 Å². The fourth-order valence-electron chi connectivity index (χ4n) is 1.28. The molecule has 1 aromatic rings. The summed E-state index contributed by atoms with van der Waals surface area (Å²) in [5.74, 6) is -1.72. The molecule has 7 nitrogen and oxygen atoms in total. The Bertz CT molecular complexity index is 450. The van der Waals surface area contributed by atoms with Crippen molar-refractivity contribution < 1.29 is 14.4 Å². The van der Waals surface area contributed by atoms with Gasteiger partial charge in [-0.15, -0.1) is 0 Å². The van der Waals surface area contributed by atoms with E-state index in [4.69, 9.17) is 0 Å². The van der Waals surface area contributed by atoms with Gasteiger partial charge >= 0.3 is 17.8 Å². The first kappa shape index (κ1) is 9.38. The smallest absolute Gasteiger partial charge is 0.283 e. The maximum absolute atomic E-state index is 11.2. The summed E-state index contributed by atoms with van der Waals surface area (Å²) in [6.07, 6.45) is 1.51. The lowest BCUT2D eigenvalue weighted by atomic mass is 10.2. The molecule has 7 heteroatoms. The van der Waals surface area contributed by atoms with Gasteiger partial charge in [-0.2, -0.15) is 5.10 Å². The number of hydrogen-bond acceptors (Lipinski definition) is 4. The molecule has 0 bridgehead atoms. The Balaban J connectivity index is 2.20. The van der Waals surface area contributed by atoms with Crippen LogP contribution in [0.5, 0.6) is 0 Å². The maximum atomic E-state index is 11.2. The SMILES string of the molecule is Cc1[nH]ncc1CN1C(=O)NC(=O)C1=O. The van der Waals surface area contributed by atoms with Crippen molar-refractivity contribution in [2.75, 3.05) is 0 Å². The lowest BCUT2D eigenvalue weighted by Crippen LogP contribution is -2.30. The Hall–Kier alpha value is -2.18. The van der Waals surface area contributed by atoms with Crippen LogP contribution in [-0.2, 0) is 16.1 Å². The van der Waals surface area contributed by atoms with Crippen LogP contribution in [-0.4, -0.2) is 32.9 Å². The number of amides is 4. The predicted octanol–water partition coefficient (Wildman–Crippen LogP) is -0.703. The number of urea groups is 1. The monoisotopic (exact) mass is 208 g/mol. The molecule has 1 saturated heterocycles. The van der Waals surface area contributed by atoms with E-state index in [2.05, 4.69) is 10.2 Å². The van der Waals surface area contributed by atoms with Gasteiger partial charge in [0.15, 0.2) is 0 Å². The number of carbonyl (C=O) groups excluding carboxylic acids is 3. The molecule has 15 heavy (non-hydrogen) atoms. The fourth-order valence-corrected chi connectivity index (χ4v) is 1.28. The summed E-state index contributed by atoms with van der Waals surface area (Å²) >= 11 is 0. The summed E-state index contributed by atoms with van der Waals surface area (Å²) in [5.41, 5.74) is 1.46. The van der Waals surface area contributed by atoms with Gasteiger partial charge in [-0.3, -0.25) is 24.9 Å². The first-order valence-electron chi connectivity index (χ1n) is 4.25. The van der Waals surface area contributed by atoms with Crippen LogP contribution >= 0.6 is 0 Å². The molecule has 2 heterocycles. The van der Waals surface area contributed by atoms with E-state index in [0.29, 0.717) is 5.56 Å². The average molecular weight is 208 g/mol. The third-order valence-corrected chi connectivity index (χ3v) is 2.17. The van der Waals surface area contributed by atoms with Crippen molar-refractivity contribution in [2.45, 2.75) is 13.5 Å². The number of aryl methyl sites for hydroxylation is 1. The van der Waals surface area contributed by atoms with E-state index >= 15 is 0 Å². The number of aromatic amines is 1. The maximum Gasteiger partial charge on any atom is 0.331 e. The van der Waals surface area contributed by atoms with Gasteiger partial charge in [-0.1, -0.05) is 0 Å². The first-order valence-corrected chi connectivity index (χ1v) is 4.25. The van der Waals surface area contributed by atoms with E-state index in [0.717, 1.165) is 10.6 Å². The summed E-state index contributed by atoms with van der Waals surface area (Å²) in [6.45, 7) is 1.82. The van der Waals surface area contributed by atoms with Crippen molar-refractivity contribution >= 4 is 17.8 Å². The molecule has 78 valence electrons. The van der Waals surface area contributed by atoms with Crippen molar-refractivity contribution in [2.24, 2.45) is 0 Å². The number of imide groups is 2. The van der Waals surface area contributed by atoms with E-state index in [1.165, 1.54) is 6.20 Å². The lowest BCUT2D eigenvalue weighted by molar-refractivity contribution is -0.140. The molecule has 4 amide bonds. The zero-order valence-corrected chi connectivity index (χ0v) is 7.90. The summed E-state index contributed by atoms with van der Waals surface area (Å²) in [4.78, 5) is 34.1. The Morgan fingerprint density at radius 2 is 2.13 bits per heavy atom. The zero-order valence-electron chi connectivity index (χ0n) is 7.90. The summed E-state index contributed by atoms with van der Waals surface area (Å²) in [6, 6.07) is -0.689. The third kappa shape index (κ3) is 1.47. The molecule has 1 aliphatic rings. The second-order valence-electron chi connectivity index (χ2n) is 3.17. The highest BCUT2D eigenvalue weighted by Crippen LogP contribution is 2.10. The molecular weight excluding hydrogens is 200 g/mol. The highest BCUT2D eigenvalue weighted by atomic mass is 16.2. The topological polar surface area (TPSA) is 95.2 Å². The summed E-state index contributed by atoms with van der Waals surface area (Å²) < 4.78 is 0. The Morgan fingerprint density at radius 1 is 1.40 bits per heavy atom. The van der Waals surface area contributed by atoms with E-state index < -0.39 is 17.8 Å². The fraction of sp³-hybridized carbons (Fsp3) is 0.250. The normalized spacial score (nSPS) is 16.1. The minimum absolute atomic E-state index is 0.0543. The molecule has 0 aromatic carbocycles. The molecule has 0 unspecified atom stereocenters. The second kappa shape index (κ2) is 3.19. The van der Waals surface area contributed by atoms with Gasteiger partial charge < -0.3 is 0 Å². The van der Waals surface area contributed by atoms with Gasteiger partial charge in [-0.05, 0) is 6.92 Å². The third-order valence-electron chi connectivity index (χ3n) is 2.17. The highest BCUT2D eigenvalue weighted by molar-refractivity contribution is 6.44.